The van der Waals surface area contributed by atoms with Crippen LogP contribution in [0.2, 0.25) is 0 Å². The van der Waals surface area contributed by atoms with E-state index in [1.807, 2.05) is 17.5 Å². The van der Waals surface area contributed by atoms with Crippen molar-refractivity contribution < 1.29 is 14.6 Å². The molecule has 1 N–H and O–H groups in total. The van der Waals surface area contributed by atoms with E-state index in [1.54, 1.807) is 11.3 Å². The van der Waals surface area contributed by atoms with Gasteiger partial charge in [-0.25, -0.2) is 0 Å². The van der Waals surface area contributed by atoms with Crippen LogP contribution in [0.4, 0.5) is 0 Å². The summed E-state index contributed by atoms with van der Waals surface area (Å²) >= 11 is 1.56. The summed E-state index contributed by atoms with van der Waals surface area (Å²) in [6, 6.07) is 3.84. The molecule has 0 fully saturated rings. The summed E-state index contributed by atoms with van der Waals surface area (Å²) < 4.78 is 4.83. The van der Waals surface area contributed by atoms with E-state index in [1.165, 1.54) is 6.92 Å². The second-order valence-corrected chi connectivity index (χ2v) is 3.68. The zero-order valence-corrected chi connectivity index (χ0v) is 8.21. The van der Waals surface area contributed by atoms with E-state index >= 15 is 0 Å². The van der Waals surface area contributed by atoms with Gasteiger partial charge in [0, 0.05) is 11.8 Å². The summed E-state index contributed by atoms with van der Waals surface area (Å²) in [6.07, 6.45) is 0. The van der Waals surface area contributed by atoms with E-state index in [0.717, 1.165) is 4.88 Å². The lowest BCUT2D eigenvalue weighted by atomic mass is 10.1. The van der Waals surface area contributed by atoms with Gasteiger partial charge in [0.15, 0.2) is 0 Å². The number of carbonyl (C=O) groups excluding carboxylic acids is 1. The predicted molar refractivity (Wildman–Crippen MR) is 50.8 cm³/mol. The Morgan fingerprint density at radius 3 is 3.00 bits per heavy atom. The van der Waals surface area contributed by atoms with Crippen LogP contribution in [0.3, 0.4) is 0 Å². The third kappa shape index (κ3) is 3.16. The van der Waals surface area contributed by atoms with Gasteiger partial charge < -0.3 is 9.84 Å². The average Bonchev–Trinajstić information content (AvgIpc) is 2.58. The van der Waals surface area contributed by atoms with E-state index in [9.17, 15) is 4.79 Å². The van der Waals surface area contributed by atoms with E-state index in [4.69, 9.17) is 9.84 Å². The fourth-order valence-electron chi connectivity index (χ4n) is 0.966. The highest BCUT2D eigenvalue weighted by Gasteiger charge is 2.12. The van der Waals surface area contributed by atoms with E-state index < -0.39 is 0 Å². The summed E-state index contributed by atoms with van der Waals surface area (Å²) in [7, 11) is 0. The molecule has 0 aromatic carbocycles. The lowest BCUT2D eigenvalue weighted by Gasteiger charge is -2.11. The van der Waals surface area contributed by atoms with Gasteiger partial charge in [0.25, 0.3) is 0 Å². The van der Waals surface area contributed by atoms with E-state index in [-0.39, 0.29) is 25.1 Å². The van der Waals surface area contributed by atoms with Crippen LogP contribution >= 0.6 is 11.3 Å². The fraction of sp³-hybridized carbons (Fsp3) is 0.444. The molecule has 0 radical (unpaired) electrons. The Bertz CT molecular complexity index is 256. The van der Waals surface area contributed by atoms with Crippen LogP contribution < -0.4 is 0 Å². The van der Waals surface area contributed by atoms with Crippen LogP contribution in [0.1, 0.15) is 17.7 Å². The molecular weight excluding hydrogens is 188 g/mol. The molecule has 0 spiro atoms. The molecule has 1 unspecified atom stereocenters. The number of hydrogen-bond donors (Lipinski definition) is 1. The fourth-order valence-corrected chi connectivity index (χ4v) is 1.77. The third-order valence-corrected chi connectivity index (χ3v) is 2.69. The molecule has 1 aromatic heterocycles. The number of ether oxygens (including phenoxy) is 1. The third-order valence-electron chi connectivity index (χ3n) is 1.65. The zero-order valence-electron chi connectivity index (χ0n) is 7.40. The normalized spacial score (nSPS) is 12.5. The number of thiophene rings is 1. The Morgan fingerprint density at radius 1 is 1.77 bits per heavy atom. The maximum atomic E-state index is 10.5. The predicted octanol–water partition coefficient (Wildman–Crippen LogP) is 1.39. The molecule has 1 atom stereocenters. The molecule has 0 aliphatic carbocycles. The minimum atomic E-state index is -0.310. The molecule has 0 amide bonds. The first-order valence-corrected chi connectivity index (χ1v) is 4.89. The Kier molecular flexibility index (Phi) is 3.92. The van der Waals surface area contributed by atoms with Gasteiger partial charge in [0.1, 0.15) is 6.61 Å². The molecule has 1 heterocycles. The Labute approximate surface area is 81.0 Å². The minimum absolute atomic E-state index is 0.00773. The first-order chi connectivity index (χ1) is 6.24. The average molecular weight is 200 g/mol. The van der Waals surface area contributed by atoms with Crippen molar-refractivity contribution in [2.45, 2.75) is 12.8 Å². The van der Waals surface area contributed by atoms with Crippen LogP contribution in [-0.2, 0) is 9.53 Å². The molecule has 13 heavy (non-hydrogen) atoms. The van der Waals surface area contributed by atoms with Crippen molar-refractivity contribution in [1.82, 2.24) is 0 Å². The summed E-state index contributed by atoms with van der Waals surface area (Å²) in [5.41, 5.74) is 0. The van der Waals surface area contributed by atoms with Crippen molar-refractivity contribution in [2.75, 3.05) is 13.2 Å². The molecular formula is C9H12O3S. The van der Waals surface area contributed by atoms with Crippen LogP contribution in [0, 0.1) is 0 Å². The Hall–Kier alpha value is -0.870. The first kappa shape index (κ1) is 10.2. The zero-order chi connectivity index (χ0) is 9.68. The number of hydrogen-bond acceptors (Lipinski definition) is 4. The van der Waals surface area contributed by atoms with Gasteiger partial charge in [-0.1, -0.05) is 6.07 Å². The van der Waals surface area contributed by atoms with Crippen molar-refractivity contribution in [3.8, 4) is 0 Å². The van der Waals surface area contributed by atoms with Crippen molar-refractivity contribution in [1.29, 1.82) is 0 Å². The summed E-state index contributed by atoms with van der Waals surface area (Å²) in [5.74, 6) is -0.390. The molecule has 4 heteroatoms. The Morgan fingerprint density at radius 2 is 2.54 bits per heavy atom. The highest BCUT2D eigenvalue weighted by molar-refractivity contribution is 7.10. The molecule has 0 aliphatic rings. The molecule has 1 rings (SSSR count). The molecule has 0 saturated carbocycles. The second-order valence-electron chi connectivity index (χ2n) is 2.70. The molecule has 1 aromatic rings. The Balaban J connectivity index is 2.49. The van der Waals surface area contributed by atoms with Gasteiger partial charge in [-0.15, -0.1) is 11.3 Å². The smallest absolute Gasteiger partial charge is 0.302 e. The van der Waals surface area contributed by atoms with E-state index in [2.05, 4.69) is 0 Å². The number of aliphatic hydroxyl groups excluding tert-OH is 1. The van der Waals surface area contributed by atoms with Crippen molar-refractivity contribution in [3.05, 3.63) is 22.4 Å². The molecule has 0 aliphatic heterocycles. The highest BCUT2D eigenvalue weighted by atomic mass is 32.1. The molecule has 0 bridgehead atoms. The van der Waals surface area contributed by atoms with Gasteiger partial charge in [0.2, 0.25) is 0 Å². The summed E-state index contributed by atoms with van der Waals surface area (Å²) in [5, 5.41) is 11.0. The number of carbonyl (C=O) groups is 1. The largest absolute Gasteiger partial charge is 0.465 e. The van der Waals surface area contributed by atoms with Crippen LogP contribution in [-0.4, -0.2) is 24.3 Å². The lowest BCUT2D eigenvalue weighted by Crippen LogP contribution is -2.13. The van der Waals surface area contributed by atoms with Crippen molar-refractivity contribution >= 4 is 17.3 Å². The first-order valence-electron chi connectivity index (χ1n) is 4.01. The second kappa shape index (κ2) is 4.99. The monoisotopic (exact) mass is 200 g/mol. The number of esters is 1. The van der Waals surface area contributed by atoms with Crippen molar-refractivity contribution in [2.24, 2.45) is 0 Å². The molecule has 3 nitrogen and oxygen atoms in total. The van der Waals surface area contributed by atoms with Crippen LogP contribution in [0.25, 0.3) is 0 Å². The quantitative estimate of drug-likeness (QED) is 0.747. The van der Waals surface area contributed by atoms with Crippen LogP contribution in [0.5, 0.6) is 0 Å². The summed E-state index contributed by atoms with van der Waals surface area (Å²) in [6.45, 7) is 1.63. The lowest BCUT2D eigenvalue weighted by molar-refractivity contribution is -0.141. The van der Waals surface area contributed by atoms with E-state index in [0.29, 0.717) is 0 Å². The van der Waals surface area contributed by atoms with Crippen molar-refractivity contribution in [3.63, 3.8) is 0 Å². The minimum Gasteiger partial charge on any atom is -0.465 e. The summed E-state index contributed by atoms with van der Waals surface area (Å²) in [4.78, 5) is 11.6. The maximum Gasteiger partial charge on any atom is 0.302 e. The van der Waals surface area contributed by atoms with Gasteiger partial charge in [-0.3, -0.25) is 4.79 Å². The van der Waals surface area contributed by atoms with Gasteiger partial charge >= 0.3 is 5.97 Å². The SMILES string of the molecule is CC(=O)OCC(CO)c1cccs1. The van der Waals surface area contributed by atoms with Gasteiger partial charge in [0.05, 0.1) is 12.5 Å². The standard InChI is InChI=1S/C9H12O3S/c1-7(11)12-6-8(5-10)9-3-2-4-13-9/h2-4,8,10H,5-6H2,1H3. The topological polar surface area (TPSA) is 46.5 Å². The number of rotatable bonds is 4. The molecule has 0 saturated heterocycles. The van der Waals surface area contributed by atoms with Gasteiger partial charge in [-0.05, 0) is 11.4 Å². The highest BCUT2D eigenvalue weighted by Crippen LogP contribution is 2.20. The van der Waals surface area contributed by atoms with Crippen LogP contribution in [0.15, 0.2) is 17.5 Å². The number of aliphatic hydroxyl groups is 1. The molecule has 72 valence electrons. The maximum absolute atomic E-state index is 10.5. The van der Waals surface area contributed by atoms with Gasteiger partial charge in [-0.2, -0.15) is 0 Å².